The lowest BCUT2D eigenvalue weighted by atomic mass is 10.2. The largest absolute Gasteiger partial charge is 0.383 e. The molecule has 2 rings (SSSR count). The van der Waals surface area contributed by atoms with Crippen molar-refractivity contribution in [2.45, 2.75) is 19.1 Å². The number of fused-ring (bicyclic) bond motifs is 1. The fourth-order valence-electron chi connectivity index (χ4n) is 1.91. The highest BCUT2D eigenvalue weighted by atomic mass is 16.5. The van der Waals surface area contributed by atoms with Gasteiger partial charge >= 0.3 is 0 Å². The Morgan fingerprint density at radius 1 is 1.60 bits per heavy atom. The van der Waals surface area contributed by atoms with E-state index in [9.17, 15) is 0 Å². The van der Waals surface area contributed by atoms with Crippen molar-refractivity contribution >= 4 is 0 Å². The van der Waals surface area contributed by atoms with Gasteiger partial charge in [-0.2, -0.15) is 0 Å². The molecule has 0 aromatic carbocycles. The molecular formula is C9H17N5O. The van der Waals surface area contributed by atoms with Crippen LogP contribution >= 0.6 is 0 Å². The van der Waals surface area contributed by atoms with Gasteiger partial charge in [0.15, 0.2) is 0 Å². The lowest BCUT2D eigenvalue weighted by molar-refractivity contribution is 0.0751. The van der Waals surface area contributed by atoms with Crippen molar-refractivity contribution in [3.8, 4) is 0 Å². The predicted molar refractivity (Wildman–Crippen MR) is 55.2 cm³/mol. The van der Waals surface area contributed by atoms with E-state index in [4.69, 9.17) is 10.5 Å². The summed E-state index contributed by atoms with van der Waals surface area (Å²) in [6.07, 6.45) is 1.78. The van der Waals surface area contributed by atoms with Crippen LogP contribution in [0.1, 0.15) is 5.82 Å². The lowest BCUT2D eigenvalue weighted by Gasteiger charge is -2.33. The zero-order valence-corrected chi connectivity index (χ0v) is 8.96. The molecule has 1 aromatic heterocycles. The highest BCUT2D eigenvalue weighted by molar-refractivity contribution is 4.91. The van der Waals surface area contributed by atoms with Crippen LogP contribution in [0.4, 0.5) is 0 Å². The molecule has 0 saturated carbocycles. The standard InChI is InChI=1S/C9H17N5O/c1-15-6-8(4-10)13-2-3-14-7-11-12-9(14)5-13/h7-8H,2-6,10H2,1H3. The van der Waals surface area contributed by atoms with Crippen LogP contribution in [0.2, 0.25) is 0 Å². The number of hydrogen-bond donors (Lipinski definition) is 1. The first-order chi connectivity index (χ1) is 7.35. The van der Waals surface area contributed by atoms with Gasteiger partial charge in [0.2, 0.25) is 0 Å². The molecule has 0 radical (unpaired) electrons. The molecule has 6 nitrogen and oxygen atoms in total. The first-order valence-electron chi connectivity index (χ1n) is 5.15. The zero-order chi connectivity index (χ0) is 10.7. The summed E-state index contributed by atoms with van der Waals surface area (Å²) in [6, 6.07) is 0.278. The SMILES string of the molecule is COCC(CN)N1CCn2cnnc2C1. The molecule has 2 heterocycles. The number of rotatable bonds is 4. The molecule has 0 bridgehead atoms. The van der Waals surface area contributed by atoms with Gasteiger partial charge in [0.05, 0.1) is 13.2 Å². The molecule has 2 N–H and O–H groups in total. The number of methoxy groups -OCH3 is 1. The van der Waals surface area contributed by atoms with Crippen molar-refractivity contribution in [2.24, 2.45) is 5.73 Å². The lowest BCUT2D eigenvalue weighted by Crippen LogP contribution is -2.47. The topological polar surface area (TPSA) is 69.2 Å². The van der Waals surface area contributed by atoms with Gasteiger partial charge in [-0.1, -0.05) is 0 Å². The minimum absolute atomic E-state index is 0.278. The van der Waals surface area contributed by atoms with Gasteiger partial charge in [0.1, 0.15) is 12.2 Å². The Balaban J connectivity index is 2.01. The first-order valence-corrected chi connectivity index (χ1v) is 5.15. The molecule has 1 atom stereocenters. The van der Waals surface area contributed by atoms with Gasteiger partial charge in [-0.05, 0) is 0 Å². The molecule has 15 heavy (non-hydrogen) atoms. The maximum absolute atomic E-state index is 5.72. The van der Waals surface area contributed by atoms with E-state index < -0.39 is 0 Å². The fraction of sp³-hybridized carbons (Fsp3) is 0.778. The van der Waals surface area contributed by atoms with E-state index in [-0.39, 0.29) is 6.04 Å². The van der Waals surface area contributed by atoms with Gasteiger partial charge < -0.3 is 15.0 Å². The summed E-state index contributed by atoms with van der Waals surface area (Å²) in [5.74, 6) is 1.01. The molecule has 6 heteroatoms. The Morgan fingerprint density at radius 2 is 2.47 bits per heavy atom. The molecule has 1 aliphatic heterocycles. The molecular weight excluding hydrogens is 194 g/mol. The Kier molecular flexibility index (Phi) is 3.30. The summed E-state index contributed by atoms with van der Waals surface area (Å²) in [4.78, 5) is 2.30. The van der Waals surface area contributed by atoms with Crippen molar-refractivity contribution in [3.63, 3.8) is 0 Å². The van der Waals surface area contributed by atoms with Gasteiger partial charge in [0, 0.05) is 32.8 Å². The van der Waals surface area contributed by atoms with Gasteiger partial charge in [-0.3, -0.25) is 4.90 Å². The van der Waals surface area contributed by atoms with Crippen molar-refractivity contribution in [1.82, 2.24) is 19.7 Å². The molecule has 0 saturated heterocycles. The Hall–Kier alpha value is -0.980. The highest BCUT2D eigenvalue weighted by Gasteiger charge is 2.23. The van der Waals surface area contributed by atoms with Gasteiger partial charge in [-0.15, -0.1) is 10.2 Å². The zero-order valence-electron chi connectivity index (χ0n) is 8.96. The summed E-state index contributed by atoms with van der Waals surface area (Å²) in [7, 11) is 1.70. The Labute approximate surface area is 89.0 Å². The minimum Gasteiger partial charge on any atom is -0.383 e. The fourth-order valence-corrected chi connectivity index (χ4v) is 1.91. The summed E-state index contributed by atoms with van der Waals surface area (Å²) in [5.41, 5.74) is 5.72. The average Bonchev–Trinajstić information content (AvgIpc) is 2.72. The molecule has 0 aliphatic carbocycles. The third kappa shape index (κ3) is 2.17. The van der Waals surface area contributed by atoms with Crippen LogP contribution in [0.25, 0.3) is 0 Å². The summed E-state index contributed by atoms with van der Waals surface area (Å²) < 4.78 is 7.23. The van der Waals surface area contributed by atoms with Crippen LogP contribution in [-0.2, 0) is 17.8 Å². The van der Waals surface area contributed by atoms with Crippen LogP contribution < -0.4 is 5.73 Å². The van der Waals surface area contributed by atoms with E-state index in [1.54, 1.807) is 13.4 Å². The Morgan fingerprint density at radius 3 is 3.20 bits per heavy atom. The first kappa shape index (κ1) is 10.5. The maximum Gasteiger partial charge on any atom is 0.147 e. The monoisotopic (exact) mass is 211 g/mol. The smallest absolute Gasteiger partial charge is 0.147 e. The molecule has 0 amide bonds. The number of nitrogens with two attached hydrogens (primary N) is 1. The summed E-state index contributed by atoms with van der Waals surface area (Å²) >= 11 is 0. The van der Waals surface area contributed by atoms with Gasteiger partial charge in [-0.25, -0.2) is 0 Å². The van der Waals surface area contributed by atoms with E-state index in [1.807, 2.05) is 0 Å². The van der Waals surface area contributed by atoms with E-state index in [0.29, 0.717) is 13.2 Å². The molecule has 1 aliphatic rings. The molecule has 1 aromatic rings. The second-order valence-electron chi connectivity index (χ2n) is 3.76. The summed E-state index contributed by atoms with van der Waals surface area (Å²) in [6.45, 7) is 4.01. The third-order valence-electron chi connectivity index (χ3n) is 2.82. The molecule has 1 unspecified atom stereocenters. The molecule has 0 fully saturated rings. The van der Waals surface area contributed by atoms with E-state index in [2.05, 4.69) is 19.7 Å². The van der Waals surface area contributed by atoms with Crippen LogP contribution in [0.5, 0.6) is 0 Å². The second kappa shape index (κ2) is 4.69. The normalized spacial score (nSPS) is 18.8. The van der Waals surface area contributed by atoms with E-state index in [0.717, 1.165) is 25.5 Å². The summed E-state index contributed by atoms with van der Waals surface area (Å²) in [5, 5.41) is 7.97. The Bertz CT molecular complexity index is 313. The number of aromatic nitrogens is 3. The minimum atomic E-state index is 0.278. The van der Waals surface area contributed by atoms with Crippen LogP contribution in [0, 0.1) is 0 Å². The second-order valence-corrected chi connectivity index (χ2v) is 3.76. The quantitative estimate of drug-likeness (QED) is 0.696. The van der Waals surface area contributed by atoms with Crippen molar-refractivity contribution in [3.05, 3.63) is 12.2 Å². The third-order valence-corrected chi connectivity index (χ3v) is 2.82. The van der Waals surface area contributed by atoms with Crippen LogP contribution in [0.3, 0.4) is 0 Å². The predicted octanol–water partition coefficient (Wildman–Crippen LogP) is -0.933. The molecule has 0 spiro atoms. The van der Waals surface area contributed by atoms with E-state index in [1.165, 1.54) is 0 Å². The highest BCUT2D eigenvalue weighted by Crippen LogP contribution is 2.11. The molecule has 84 valence electrons. The number of nitrogens with zero attached hydrogens (tertiary/aromatic N) is 4. The van der Waals surface area contributed by atoms with Crippen LogP contribution in [0.15, 0.2) is 6.33 Å². The van der Waals surface area contributed by atoms with Crippen molar-refractivity contribution in [2.75, 3.05) is 26.8 Å². The number of hydrogen-bond acceptors (Lipinski definition) is 5. The maximum atomic E-state index is 5.72. The van der Waals surface area contributed by atoms with E-state index >= 15 is 0 Å². The number of ether oxygens (including phenoxy) is 1. The van der Waals surface area contributed by atoms with Crippen molar-refractivity contribution < 1.29 is 4.74 Å². The average molecular weight is 211 g/mol. The van der Waals surface area contributed by atoms with Gasteiger partial charge in [0.25, 0.3) is 0 Å². The van der Waals surface area contributed by atoms with Crippen LogP contribution in [-0.4, -0.2) is 52.5 Å². The van der Waals surface area contributed by atoms with Crippen molar-refractivity contribution in [1.29, 1.82) is 0 Å².